The smallest absolute Gasteiger partial charge is 0.271 e. The third-order valence-corrected chi connectivity index (χ3v) is 4.54. The van der Waals surface area contributed by atoms with Crippen LogP contribution in [-0.2, 0) is 4.79 Å². The number of benzene rings is 2. The zero-order valence-corrected chi connectivity index (χ0v) is 13.1. The zero-order valence-electron chi connectivity index (χ0n) is 13.1. The largest absolute Gasteiger partial charge is 0.493 e. The van der Waals surface area contributed by atoms with Crippen molar-refractivity contribution in [2.24, 2.45) is 5.92 Å². The van der Waals surface area contributed by atoms with Crippen LogP contribution in [0.15, 0.2) is 48.5 Å². The number of carbonyl (C=O) groups excluding carboxylic acids is 1. The summed E-state index contributed by atoms with van der Waals surface area (Å²) < 4.78 is 5.77. The Morgan fingerprint density at radius 3 is 2.88 bits per heavy atom. The normalized spacial score (nSPS) is 23.9. The van der Waals surface area contributed by atoms with Gasteiger partial charge in [-0.1, -0.05) is 24.3 Å². The van der Waals surface area contributed by atoms with Gasteiger partial charge in [-0.3, -0.25) is 14.9 Å². The van der Waals surface area contributed by atoms with E-state index in [4.69, 9.17) is 4.74 Å². The fourth-order valence-electron chi connectivity index (χ4n) is 3.32. The van der Waals surface area contributed by atoms with Crippen molar-refractivity contribution in [1.29, 1.82) is 0 Å². The lowest BCUT2D eigenvalue weighted by Gasteiger charge is -2.29. The van der Waals surface area contributed by atoms with Gasteiger partial charge in [0.2, 0.25) is 5.91 Å². The van der Waals surface area contributed by atoms with Gasteiger partial charge in [-0.05, 0) is 12.1 Å². The monoisotopic (exact) mass is 340 g/mol. The number of amides is 1. The average molecular weight is 340 g/mol. The number of anilines is 1. The van der Waals surface area contributed by atoms with Crippen LogP contribution in [-0.4, -0.2) is 23.5 Å². The van der Waals surface area contributed by atoms with Gasteiger partial charge in [0.1, 0.15) is 11.8 Å². The Hall–Kier alpha value is -2.97. The molecule has 1 saturated heterocycles. The van der Waals surface area contributed by atoms with E-state index in [1.54, 1.807) is 6.07 Å². The Morgan fingerprint density at radius 1 is 1.20 bits per heavy atom. The number of hydrogen-bond acceptors (Lipinski definition) is 6. The third-order valence-electron chi connectivity index (χ3n) is 4.54. The van der Waals surface area contributed by atoms with Crippen molar-refractivity contribution in [2.75, 3.05) is 11.9 Å². The maximum Gasteiger partial charge on any atom is 0.271 e. The van der Waals surface area contributed by atoms with Crippen LogP contribution in [0.25, 0.3) is 0 Å². The molecule has 3 N–H and O–H groups in total. The van der Waals surface area contributed by atoms with E-state index in [0.717, 1.165) is 11.3 Å². The maximum atomic E-state index is 12.6. The fraction of sp³-hybridized carbons (Fsp3) is 0.235. The van der Waals surface area contributed by atoms with Gasteiger partial charge < -0.3 is 10.1 Å². The minimum Gasteiger partial charge on any atom is -0.493 e. The number of carbonyl (C=O) groups is 1. The lowest BCUT2D eigenvalue weighted by Crippen LogP contribution is -2.43. The van der Waals surface area contributed by atoms with Crippen LogP contribution in [0.1, 0.15) is 11.6 Å². The molecule has 0 aromatic heterocycles. The van der Waals surface area contributed by atoms with E-state index < -0.39 is 11.0 Å². The van der Waals surface area contributed by atoms with Crippen LogP contribution >= 0.6 is 0 Å². The van der Waals surface area contributed by atoms with Crippen LogP contribution in [0.5, 0.6) is 5.75 Å². The van der Waals surface area contributed by atoms with Gasteiger partial charge in [-0.2, -0.15) is 0 Å². The van der Waals surface area contributed by atoms with Crippen molar-refractivity contribution in [1.82, 2.24) is 10.9 Å². The van der Waals surface area contributed by atoms with Crippen molar-refractivity contribution < 1.29 is 14.5 Å². The summed E-state index contributed by atoms with van der Waals surface area (Å²) in [6.45, 7) is 0.411. The molecule has 1 amide bonds. The molecule has 0 bridgehead atoms. The molecule has 8 heteroatoms. The van der Waals surface area contributed by atoms with E-state index in [-0.39, 0.29) is 23.6 Å². The average Bonchev–Trinajstić information content (AvgIpc) is 3.06. The van der Waals surface area contributed by atoms with Gasteiger partial charge in [0.25, 0.3) is 5.69 Å². The van der Waals surface area contributed by atoms with Crippen molar-refractivity contribution in [3.05, 3.63) is 64.2 Å². The molecule has 8 nitrogen and oxygen atoms in total. The summed E-state index contributed by atoms with van der Waals surface area (Å²) in [7, 11) is 0. The molecule has 128 valence electrons. The molecule has 3 atom stereocenters. The van der Waals surface area contributed by atoms with Crippen LogP contribution in [0.2, 0.25) is 0 Å². The van der Waals surface area contributed by atoms with E-state index in [2.05, 4.69) is 16.2 Å². The molecule has 0 saturated carbocycles. The summed E-state index contributed by atoms with van der Waals surface area (Å²) >= 11 is 0. The first kappa shape index (κ1) is 15.6. The molecule has 4 rings (SSSR count). The van der Waals surface area contributed by atoms with Gasteiger partial charge in [-0.25, -0.2) is 10.9 Å². The standard InChI is InChI=1S/C17H16N4O4/c22-17(18-10-4-3-5-11(8-10)21(23)24)16-13-9-25-14-7-2-1-6-12(14)15(13)19-20-16/h1-8,13,15-16,19-20H,9H2,(H,18,22). The number of para-hydroxylation sites is 1. The highest BCUT2D eigenvalue weighted by Crippen LogP contribution is 2.39. The molecule has 2 heterocycles. The van der Waals surface area contributed by atoms with Gasteiger partial charge in [0, 0.05) is 29.3 Å². The minimum atomic E-state index is -0.502. The Bertz CT molecular complexity index is 841. The molecule has 0 aliphatic carbocycles. The van der Waals surface area contributed by atoms with Crippen LogP contribution < -0.4 is 20.9 Å². The van der Waals surface area contributed by atoms with Crippen LogP contribution in [0.3, 0.4) is 0 Å². The highest BCUT2D eigenvalue weighted by atomic mass is 16.6. The summed E-state index contributed by atoms with van der Waals surface area (Å²) in [6.07, 6.45) is 0. The quantitative estimate of drug-likeness (QED) is 0.581. The van der Waals surface area contributed by atoms with Crippen molar-refractivity contribution >= 4 is 17.3 Å². The molecule has 0 spiro atoms. The van der Waals surface area contributed by atoms with Gasteiger partial charge in [-0.15, -0.1) is 0 Å². The minimum absolute atomic E-state index is 0.0224. The number of rotatable bonds is 3. The van der Waals surface area contributed by atoms with E-state index in [0.29, 0.717) is 12.3 Å². The topological polar surface area (TPSA) is 106 Å². The van der Waals surface area contributed by atoms with E-state index in [1.165, 1.54) is 18.2 Å². The first-order chi connectivity index (χ1) is 12.1. The van der Waals surface area contributed by atoms with Crippen molar-refractivity contribution in [2.45, 2.75) is 12.1 Å². The summed E-state index contributed by atoms with van der Waals surface area (Å²) in [4.78, 5) is 23.0. The number of ether oxygens (including phenoxy) is 1. The number of non-ortho nitro benzene ring substituents is 1. The number of nitrogens with one attached hydrogen (secondary N) is 3. The Morgan fingerprint density at radius 2 is 2.04 bits per heavy atom. The molecule has 2 aliphatic rings. The second-order valence-corrected chi connectivity index (χ2v) is 6.05. The third kappa shape index (κ3) is 2.81. The lowest BCUT2D eigenvalue weighted by atomic mass is 9.87. The first-order valence-corrected chi connectivity index (χ1v) is 7.91. The molecular weight excluding hydrogens is 324 g/mol. The molecule has 1 fully saturated rings. The molecule has 0 radical (unpaired) electrons. The summed E-state index contributed by atoms with van der Waals surface area (Å²) in [5.41, 5.74) is 7.52. The fourth-order valence-corrected chi connectivity index (χ4v) is 3.32. The molecule has 2 aliphatic heterocycles. The number of nitro groups is 1. The van der Waals surface area contributed by atoms with Crippen molar-refractivity contribution in [3.63, 3.8) is 0 Å². The number of fused-ring (bicyclic) bond motifs is 3. The number of hydrogen-bond donors (Lipinski definition) is 3. The molecule has 3 unspecified atom stereocenters. The summed E-state index contributed by atoms with van der Waals surface area (Å²) in [5, 5.41) is 13.6. The highest BCUT2D eigenvalue weighted by Gasteiger charge is 2.44. The van der Waals surface area contributed by atoms with Crippen molar-refractivity contribution in [3.8, 4) is 5.75 Å². The second kappa shape index (κ2) is 6.15. The second-order valence-electron chi connectivity index (χ2n) is 6.05. The Kier molecular flexibility index (Phi) is 3.83. The SMILES string of the molecule is O=C(Nc1cccc([N+](=O)[O-])c1)C1NNC2c3ccccc3OCC12. The summed E-state index contributed by atoms with van der Waals surface area (Å²) in [6, 6.07) is 13.1. The number of nitro benzene ring substituents is 1. The highest BCUT2D eigenvalue weighted by molar-refractivity contribution is 5.95. The predicted molar refractivity (Wildman–Crippen MR) is 90.0 cm³/mol. The predicted octanol–water partition coefficient (Wildman–Crippen LogP) is 1.76. The van der Waals surface area contributed by atoms with Gasteiger partial charge >= 0.3 is 0 Å². The van der Waals surface area contributed by atoms with Crippen LogP contribution in [0, 0.1) is 16.0 Å². The lowest BCUT2D eigenvalue weighted by molar-refractivity contribution is -0.384. The van der Waals surface area contributed by atoms with Crippen LogP contribution in [0.4, 0.5) is 11.4 Å². The number of hydrazine groups is 1. The van der Waals surface area contributed by atoms with E-state index in [9.17, 15) is 14.9 Å². The number of nitrogens with zero attached hydrogens (tertiary/aromatic N) is 1. The van der Waals surface area contributed by atoms with E-state index in [1.807, 2.05) is 24.3 Å². The molecule has 25 heavy (non-hydrogen) atoms. The van der Waals surface area contributed by atoms with Gasteiger partial charge in [0.05, 0.1) is 17.6 Å². The van der Waals surface area contributed by atoms with Gasteiger partial charge in [0.15, 0.2) is 0 Å². The zero-order chi connectivity index (χ0) is 17.4. The first-order valence-electron chi connectivity index (χ1n) is 7.91. The van der Waals surface area contributed by atoms with E-state index >= 15 is 0 Å². The molecular formula is C17H16N4O4. The maximum absolute atomic E-state index is 12.6. The molecule has 2 aromatic carbocycles. The Labute approximate surface area is 143 Å². The Balaban J connectivity index is 1.51. The molecule has 2 aromatic rings. The summed E-state index contributed by atoms with van der Waals surface area (Å²) in [5.74, 6) is 0.481.